The molecule has 1 fully saturated rings. The van der Waals surface area contributed by atoms with Crippen molar-refractivity contribution in [2.45, 2.75) is 6.42 Å². The van der Waals surface area contributed by atoms with Crippen molar-refractivity contribution in [3.63, 3.8) is 0 Å². The summed E-state index contributed by atoms with van der Waals surface area (Å²) in [4.78, 5) is 6.52. The zero-order chi connectivity index (χ0) is 6.97. The van der Waals surface area contributed by atoms with Crippen molar-refractivity contribution in [1.82, 2.24) is 4.98 Å². The zero-order valence-corrected chi connectivity index (χ0v) is 7.78. The minimum atomic E-state index is 1.12. The molecule has 1 aliphatic rings. The number of thiazole rings is 1. The summed E-state index contributed by atoms with van der Waals surface area (Å²) in [5.74, 6) is 0. The summed E-state index contributed by atoms with van der Waals surface area (Å²) >= 11 is 5.09. The van der Waals surface area contributed by atoms with Gasteiger partial charge in [-0.15, -0.1) is 0 Å². The van der Waals surface area contributed by atoms with E-state index in [1.54, 1.807) is 11.3 Å². The van der Waals surface area contributed by atoms with Crippen LogP contribution in [0.1, 0.15) is 6.42 Å². The van der Waals surface area contributed by atoms with Gasteiger partial charge in [0.15, 0.2) is 5.13 Å². The van der Waals surface area contributed by atoms with E-state index in [2.05, 4.69) is 25.8 Å². The third-order valence-electron chi connectivity index (χ3n) is 1.59. The van der Waals surface area contributed by atoms with Gasteiger partial charge in [-0.1, -0.05) is 11.3 Å². The van der Waals surface area contributed by atoms with Crippen molar-refractivity contribution in [2.24, 2.45) is 0 Å². The van der Waals surface area contributed by atoms with Crippen LogP contribution in [0.3, 0.4) is 0 Å². The molecule has 1 aromatic rings. The monoisotopic (exact) mass is 218 g/mol. The Bertz CT molecular complexity index is 231. The van der Waals surface area contributed by atoms with Crippen LogP contribution in [0.5, 0.6) is 0 Å². The number of rotatable bonds is 1. The van der Waals surface area contributed by atoms with Crippen molar-refractivity contribution >= 4 is 32.4 Å². The second-order valence-electron chi connectivity index (χ2n) is 2.29. The molecule has 0 N–H and O–H groups in total. The molecule has 1 aliphatic heterocycles. The molecule has 1 saturated heterocycles. The molecule has 0 atom stereocenters. The first kappa shape index (κ1) is 6.61. The average Bonchev–Trinajstić information content (AvgIpc) is 2.10. The SMILES string of the molecule is Brc1cnc(N2CCC2)s1. The van der Waals surface area contributed by atoms with Crippen molar-refractivity contribution in [3.05, 3.63) is 9.98 Å². The topological polar surface area (TPSA) is 16.1 Å². The fraction of sp³-hybridized carbons (Fsp3) is 0.500. The predicted molar refractivity (Wildman–Crippen MR) is 46.6 cm³/mol. The average molecular weight is 219 g/mol. The van der Waals surface area contributed by atoms with E-state index in [-0.39, 0.29) is 0 Å². The van der Waals surface area contributed by atoms with E-state index >= 15 is 0 Å². The number of anilines is 1. The van der Waals surface area contributed by atoms with Gasteiger partial charge in [-0.25, -0.2) is 4.98 Å². The van der Waals surface area contributed by atoms with Gasteiger partial charge < -0.3 is 4.90 Å². The minimum absolute atomic E-state index is 1.12. The molecule has 0 saturated carbocycles. The van der Waals surface area contributed by atoms with Crippen LogP contribution in [0.4, 0.5) is 5.13 Å². The normalized spacial score (nSPS) is 17.1. The molecule has 0 unspecified atom stereocenters. The summed E-state index contributed by atoms with van der Waals surface area (Å²) in [7, 11) is 0. The first-order valence-corrected chi connectivity index (χ1v) is 4.83. The maximum Gasteiger partial charge on any atom is 0.186 e. The molecule has 0 radical (unpaired) electrons. The van der Waals surface area contributed by atoms with Crippen LogP contribution < -0.4 is 4.90 Å². The molecule has 2 nitrogen and oxygen atoms in total. The number of hydrogen-bond acceptors (Lipinski definition) is 3. The summed E-state index contributed by atoms with van der Waals surface area (Å²) in [5, 5.41) is 1.15. The molecule has 1 aromatic heterocycles. The molecule has 0 bridgehead atoms. The van der Waals surface area contributed by atoms with Gasteiger partial charge in [-0.2, -0.15) is 0 Å². The molecule has 0 amide bonds. The Hall–Kier alpha value is -0.0900. The van der Waals surface area contributed by atoms with Crippen LogP contribution in [0.2, 0.25) is 0 Å². The molecule has 0 spiro atoms. The lowest BCUT2D eigenvalue weighted by Gasteiger charge is -2.30. The molecule has 10 heavy (non-hydrogen) atoms. The number of halogens is 1. The molecular weight excluding hydrogens is 212 g/mol. The lowest BCUT2D eigenvalue weighted by Crippen LogP contribution is -2.36. The van der Waals surface area contributed by atoms with Crippen molar-refractivity contribution in [3.8, 4) is 0 Å². The quantitative estimate of drug-likeness (QED) is 0.719. The van der Waals surface area contributed by atoms with Gasteiger partial charge in [0.05, 0.1) is 9.98 Å². The van der Waals surface area contributed by atoms with Crippen LogP contribution in [0, 0.1) is 0 Å². The number of nitrogens with zero attached hydrogens (tertiary/aromatic N) is 2. The predicted octanol–water partition coefficient (Wildman–Crippen LogP) is 2.12. The first-order valence-electron chi connectivity index (χ1n) is 3.22. The summed E-state index contributed by atoms with van der Waals surface area (Å²) < 4.78 is 1.12. The highest BCUT2D eigenvalue weighted by Gasteiger charge is 2.16. The van der Waals surface area contributed by atoms with Crippen molar-refractivity contribution < 1.29 is 0 Å². The molecule has 2 heterocycles. The fourth-order valence-electron chi connectivity index (χ4n) is 0.900. The Labute approximate surface area is 72.0 Å². The number of aromatic nitrogens is 1. The van der Waals surface area contributed by atoms with E-state index < -0.39 is 0 Å². The summed E-state index contributed by atoms with van der Waals surface area (Å²) in [5.41, 5.74) is 0. The molecule has 54 valence electrons. The minimum Gasteiger partial charge on any atom is -0.348 e. The largest absolute Gasteiger partial charge is 0.348 e. The molecular formula is C6H7BrN2S. The second-order valence-corrected chi connectivity index (χ2v) is 4.68. The van der Waals surface area contributed by atoms with E-state index in [0.717, 1.165) is 8.92 Å². The van der Waals surface area contributed by atoms with Gasteiger partial charge in [0.25, 0.3) is 0 Å². The highest BCUT2D eigenvalue weighted by Crippen LogP contribution is 2.29. The second kappa shape index (κ2) is 2.51. The highest BCUT2D eigenvalue weighted by atomic mass is 79.9. The smallest absolute Gasteiger partial charge is 0.186 e. The van der Waals surface area contributed by atoms with E-state index in [1.807, 2.05) is 6.20 Å². The van der Waals surface area contributed by atoms with E-state index in [0.29, 0.717) is 0 Å². The van der Waals surface area contributed by atoms with Gasteiger partial charge in [-0.05, 0) is 22.4 Å². The Morgan fingerprint density at radius 2 is 2.40 bits per heavy atom. The van der Waals surface area contributed by atoms with Gasteiger partial charge >= 0.3 is 0 Å². The van der Waals surface area contributed by atoms with Gasteiger partial charge in [-0.3, -0.25) is 0 Å². The van der Waals surface area contributed by atoms with E-state index in [9.17, 15) is 0 Å². The maximum atomic E-state index is 4.24. The first-order chi connectivity index (χ1) is 4.86. The maximum absolute atomic E-state index is 4.24. The van der Waals surface area contributed by atoms with Crippen molar-refractivity contribution in [1.29, 1.82) is 0 Å². The molecule has 0 aromatic carbocycles. The van der Waals surface area contributed by atoms with Crippen LogP contribution in [-0.2, 0) is 0 Å². The Balaban J connectivity index is 2.17. The standard InChI is InChI=1S/C6H7BrN2S/c7-5-4-8-6(10-5)9-2-1-3-9/h4H,1-3H2. The van der Waals surface area contributed by atoms with Crippen LogP contribution in [0.25, 0.3) is 0 Å². The summed E-state index contributed by atoms with van der Waals surface area (Å²) in [6.07, 6.45) is 3.18. The fourth-order valence-corrected chi connectivity index (χ4v) is 2.13. The Morgan fingerprint density at radius 1 is 1.60 bits per heavy atom. The van der Waals surface area contributed by atoms with Gasteiger partial charge in [0, 0.05) is 13.1 Å². The Kier molecular flexibility index (Phi) is 1.66. The van der Waals surface area contributed by atoms with Gasteiger partial charge in [0.2, 0.25) is 0 Å². The number of hydrogen-bond donors (Lipinski definition) is 0. The molecule has 4 heteroatoms. The van der Waals surface area contributed by atoms with Crippen molar-refractivity contribution in [2.75, 3.05) is 18.0 Å². The summed E-state index contributed by atoms with van der Waals surface area (Å²) in [6, 6.07) is 0. The molecule has 0 aliphatic carbocycles. The van der Waals surface area contributed by atoms with Gasteiger partial charge in [0.1, 0.15) is 0 Å². The van der Waals surface area contributed by atoms with Crippen LogP contribution in [-0.4, -0.2) is 18.1 Å². The van der Waals surface area contributed by atoms with E-state index in [4.69, 9.17) is 0 Å². The third-order valence-corrected chi connectivity index (χ3v) is 3.13. The highest BCUT2D eigenvalue weighted by molar-refractivity contribution is 9.11. The lowest BCUT2D eigenvalue weighted by atomic mass is 10.2. The zero-order valence-electron chi connectivity index (χ0n) is 5.38. The van der Waals surface area contributed by atoms with E-state index in [1.165, 1.54) is 19.5 Å². The Morgan fingerprint density at radius 3 is 2.80 bits per heavy atom. The summed E-state index contributed by atoms with van der Waals surface area (Å²) in [6.45, 7) is 2.36. The lowest BCUT2D eigenvalue weighted by molar-refractivity contribution is 0.616. The third kappa shape index (κ3) is 1.06. The molecule has 2 rings (SSSR count). The van der Waals surface area contributed by atoms with Crippen LogP contribution >= 0.6 is 27.3 Å². The van der Waals surface area contributed by atoms with Crippen LogP contribution in [0.15, 0.2) is 9.98 Å².